The molecular formula is C18H21FN2O5S. The SMILES string of the molecule is Cc1c(-c2ccc(F)cc2)ccn(CC[C@](C)(C(=O)NO)S(C)(=O)=O)c1=O. The van der Waals surface area contributed by atoms with Gasteiger partial charge in [0.15, 0.2) is 14.6 Å². The van der Waals surface area contributed by atoms with Gasteiger partial charge < -0.3 is 4.57 Å². The van der Waals surface area contributed by atoms with Gasteiger partial charge in [0, 0.05) is 24.6 Å². The molecule has 1 heterocycles. The van der Waals surface area contributed by atoms with Crippen LogP contribution in [0, 0.1) is 12.7 Å². The van der Waals surface area contributed by atoms with Crippen molar-refractivity contribution < 1.29 is 22.8 Å². The maximum absolute atomic E-state index is 13.1. The lowest BCUT2D eigenvalue weighted by atomic mass is 10.0. The van der Waals surface area contributed by atoms with E-state index in [0.717, 1.165) is 6.26 Å². The molecule has 7 nitrogen and oxygen atoms in total. The molecule has 2 aromatic rings. The fourth-order valence-electron chi connectivity index (χ4n) is 2.73. The van der Waals surface area contributed by atoms with Gasteiger partial charge >= 0.3 is 0 Å². The maximum atomic E-state index is 13.1. The average Bonchev–Trinajstić information content (AvgIpc) is 2.62. The van der Waals surface area contributed by atoms with Crippen LogP contribution in [0.1, 0.15) is 18.9 Å². The molecule has 0 radical (unpaired) electrons. The van der Waals surface area contributed by atoms with Gasteiger partial charge in [-0.2, -0.15) is 0 Å². The van der Waals surface area contributed by atoms with Crippen molar-refractivity contribution in [1.29, 1.82) is 0 Å². The first-order chi connectivity index (χ1) is 12.5. The van der Waals surface area contributed by atoms with Crippen molar-refractivity contribution in [2.45, 2.75) is 31.6 Å². The second kappa shape index (κ2) is 7.61. The zero-order chi connectivity index (χ0) is 20.4. The molecule has 0 fully saturated rings. The van der Waals surface area contributed by atoms with E-state index in [4.69, 9.17) is 5.21 Å². The molecule has 0 aliphatic rings. The minimum absolute atomic E-state index is 0.0413. The van der Waals surface area contributed by atoms with Gasteiger partial charge in [0.2, 0.25) is 0 Å². The van der Waals surface area contributed by atoms with Gasteiger partial charge in [-0.15, -0.1) is 0 Å². The second-order valence-electron chi connectivity index (χ2n) is 6.55. The molecule has 27 heavy (non-hydrogen) atoms. The minimum atomic E-state index is -3.85. The van der Waals surface area contributed by atoms with Crippen molar-refractivity contribution >= 4 is 15.7 Å². The van der Waals surface area contributed by atoms with E-state index in [2.05, 4.69) is 0 Å². The molecule has 146 valence electrons. The van der Waals surface area contributed by atoms with Crippen molar-refractivity contribution in [3.05, 3.63) is 58.3 Å². The highest BCUT2D eigenvalue weighted by atomic mass is 32.2. The van der Waals surface area contributed by atoms with Gasteiger partial charge in [-0.1, -0.05) is 12.1 Å². The van der Waals surface area contributed by atoms with Crippen LogP contribution < -0.4 is 11.0 Å². The summed E-state index contributed by atoms with van der Waals surface area (Å²) in [7, 11) is -3.85. The summed E-state index contributed by atoms with van der Waals surface area (Å²) in [6.07, 6.45) is 2.19. The Morgan fingerprint density at radius 3 is 2.37 bits per heavy atom. The summed E-state index contributed by atoms with van der Waals surface area (Å²) in [5.41, 5.74) is 2.75. The molecule has 1 aromatic carbocycles. The molecule has 0 saturated carbocycles. The van der Waals surface area contributed by atoms with E-state index >= 15 is 0 Å². The summed E-state index contributed by atoms with van der Waals surface area (Å²) in [4.78, 5) is 24.5. The number of aromatic nitrogens is 1. The number of carbonyl (C=O) groups excluding carboxylic acids is 1. The molecule has 0 aliphatic heterocycles. The Hall–Kier alpha value is -2.52. The number of pyridine rings is 1. The molecule has 0 saturated heterocycles. The summed E-state index contributed by atoms with van der Waals surface area (Å²) in [5.74, 6) is -1.44. The molecule has 1 amide bonds. The van der Waals surface area contributed by atoms with Crippen LogP contribution in [-0.2, 0) is 21.2 Å². The molecule has 1 aromatic heterocycles. The van der Waals surface area contributed by atoms with Gasteiger partial charge in [0.1, 0.15) is 5.82 Å². The number of hydrogen-bond acceptors (Lipinski definition) is 5. The summed E-state index contributed by atoms with van der Waals surface area (Å²) in [6, 6.07) is 7.39. The van der Waals surface area contributed by atoms with E-state index in [-0.39, 0.29) is 24.3 Å². The predicted octanol–water partition coefficient (Wildman–Crippen LogP) is 1.66. The summed E-state index contributed by atoms with van der Waals surface area (Å²) in [5, 5.41) is 8.85. The zero-order valence-electron chi connectivity index (χ0n) is 15.2. The first kappa shape index (κ1) is 20.8. The number of carbonyl (C=O) groups is 1. The third kappa shape index (κ3) is 4.09. The fourth-order valence-corrected chi connectivity index (χ4v) is 3.57. The number of aryl methyl sites for hydroxylation is 1. The Morgan fingerprint density at radius 1 is 1.26 bits per heavy atom. The van der Waals surface area contributed by atoms with E-state index in [0.29, 0.717) is 16.7 Å². The average molecular weight is 396 g/mol. The van der Waals surface area contributed by atoms with Crippen molar-refractivity contribution in [2.75, 3.05) is 6.26 Å². The molecule has 0 spiro atoms. The molecule has 0 aliphatic carbocycles. The van der Waals surface area contributed by atoms with Crippen LogP contribution >= 0.6 is 0 Å². The number of hydrogen-bond donors (Lipinski definition) is 2. The summed E-state index contributed by atoms with van der Waals surface area (Å²) < 4.78 is 36.5. The lowest BCUT2D eigenvalue weighted by Gasteiger charge is -2.25. The van der Waals surface area contributed by atoms with Crippen LogP contribution in [-0.4, -0.2) is 35.1 Å². The van der Waals surface area contributed by atoms with Crippen molar-refractivity contribution in [2.24, 2.45) is 0 Å². The Kier molecular flexibility index (Phi) is 5.86. The Morgan fingerprint density at radius 2 is 1.85 bits per heavy atom. The quantitative estimate of drug-likeness (QED) is 0.571. The summed E-state index contributed by atoms with van der Waals surface area (Å²) in [6.45, 7) is 2.77. The standard InChI is InChI=1S/C18H21FN2O5S/c1-12-15(13-4-6-14(19)7-5-13)8-10-21(16(12)22)11-9-18(2,17(23)20-24)27(3,25)26/h4-8,10,24H,9,11H2,1-3H3,(H,20,23)/t18-/m1/s1. The van der Waals surface area contributed by atoms with Crippen LogP contribution in [0.3, 0.4) is 0 Å². The smallest absolute Gasteiger partial charge is 0.264 e. The van der Waals surface area contributed by atoms with Crippen LogP contribution in [0.5, 0.6) is 0 Å². The van der Waals surface area contributed by atoms with E-state index < -0.39 is 20.5 Å². The predicted molar refractivity (Wildman–Crippen MR) is 98.6 cm³/mol. The molecular weight excluding hydrogens is 375 g/mol. The second-order valence-corrected chi connectivity index (χ2v) is 9.00. The fraction of sp³-hybridized carbons (Fsp3) is 0.333. The highest BCUT2D eigenvalue weighted by Crippen LogP contribution is 2.24. The molecule has 9 heteroatoms. The number of amides is 1. The highest BCUT2D eigenvalue weighted by molar-refractivity contribution is 7.92. The number of rotatable bonds is 6. The molecule has 2 rings (SSSR count). The van der Waals surface area contributed by atoms with Gasteiger partial charge in [-0.3, -0.25) is 14.8 Å². The van der Waals surface area contributed by atoms with E-state index in [1.54, 1.807) is 25.1 Å². The molecule has 1 atom stereocenters. The maximum Gasteiger partial charge on any atom is 0.264 e. The van der Waals surface area contributed by atoms with Crippen molar-refractivity contribution in [3.8, 4) is 11.1 Å². The Balaban J connectivity index is 2.36. The lowest BCUT2D eigenvalue weighted by Crippen LogP contribution is -2.50. The normalized spacial score (nSPS) is 13.8. The number of nitrogens with one attached hydrogen (secondary N) is 1. The third-order valence-electron chi connectivity index (χ3n) is 4.79. The van der Waals surface area contributed by atoms with Gasteiger partial charge in [0.05, 0.1) is 0 Å². The molecule has 0 unspecified atom stereocenters. The number of hydroxylamine groups is 1. The number of benzene rings is 1. The van der Waals surface area contributed by atoms with Crippen LogP contribution in [0.2, 0.25) is 0 Å². The molecule has 2 N–H and O–H groups in total. The zero-order valence-corrected chi connectivity index (χ0v) is 16.0. The topological polar surface area (TPSA) is 105 Å². The highest BCUT2D eigenvalue weighted by Gasteiger charge is 2.43. The number of sulfone groups is 1. The van der Waals surface area contributed by atoms with E-state index in [9.17, 15) is 22.4 Å². The Labute approximate surface area is 156 Å². The van der Waals surface area contributed by atoms with Crippen LogP contribution in [0.25, 0.3) is 11.1 Å². The van der Waals surface area contributed by atoms with Crippen LogP contribution in [0.15, 0.2) is 41.3 Å². The number of nitrogens with zero attached hydrogens (tertiary/aromatic N) is 1. The monoisotopic (exact) mass is 396 g/mol. The van der Waals surface area contributed by atoms with Gasteiger partial charge in [0.25, 0.3) is 11.5 Å². The number of halogens is 1. The Bertz CT molecular complexity index is 1020. The van der Waals surface area contributed by atoms with E-state index in [1.165, 1.54) is 35.3 Å². The lowest BCUT2D eigenvalue weighted by molar-refractivity contribution is -0.131. The largest absolute Gasteiger partial charge is 0.315 e. The van der Waals surface area contributed by atoms with Gasteiger partial charge in [-0.05, 0) is 49.6 Å². The van der Waals surface area contributed by atoms with Crippen LogP contribution in [0.4, 0.5) is 4.39 Å². The van der Waals surface area contributed by atoms with Gasteiger partial charge in [-0.25, -0.2) is 18.3 Å². The van der Waals surface area contributed by atoms with E-state index in [1.807, 2.05) is 0 Å². The summed E-state index contributed by atoms with van der Waals surface area (Å²) >= 11 is 0. The van der Waals surface area contributed by atoms with Crippen molar-refractivity contribution in [3.63, 3.8) is 0 Å². The third-order valence-corrected chi connectivity index (χ3v) is 6.82. The minimum Gasteiger partial charge on any atom is -0.315 e. The first-order valence-corrected chi connectivity index (χ1v) is 10.0. The van der Waals surface area contributed by atoms with Crippen molar-refractivity contribution in [1.82, 2.24) is 10.0 Å². The first-order valence-electron chi connectivity index (χ1n) is 8.11. The molecule has 0 bridgehead atoms.